The average Bonchev–Trinajstić information content (AvgIpc) is 2.72. The number of imidazole rings is 1. The van der Waals surface area contributed by atoms with Gasteiger partial charge in [0.15, 0.2) is 0 Å². The molecule has 0 unspecified atom stereocenters. The van der Waals surface area contributed by atoms with Gasteiger partial charge in [0.05, 0.1) is 19.3 Å². The van der Waals surface area contributed by atoms with E-state index in [-0.39, 0.29) is 0 Å². The Morgan fingerprint density at radius 2 is 2.40 bits per heavy atom. The van der Waals surface area contributed by atoms with Gasteiger partial charge in [-0.1, -0.05) is 12.1 Å². The Labute approximate surface area is 87.5 Å². The lowest BCUT2D eigenvalue weighted by Crippen LogP contribution is -2.13. The van der Waals surface area contributed by atoms with Crippen molar-refractivity contribution in [2.24, 2.45) is 0 Å². The molecular weight excluding hydrogens is 190 g/mol. The van der Waals surface area contributed by atoms with E-state index in [1.807, 2.05) is 18.3 Å². The summed E-state index contributed by atoms with van der Waals surface area (Å²) in [5, 5.41) is 3.27. The molecule has 1 aliphatic heterocycles. The summed E-state index contributed by atoms with van der Waals surface area (Å²) in [7, 11) is 1.68. The van der Waals surface area contributed by atoms with Crippen molar-refractivity contribution >= 4 is 11.6 Å². The minimum absolute atomic E-state index is 0.842. The van der Waals surface area contributed by atoms with E-state index in [0.717, 1.165) is 23.9 Å². The van der Waals surface area contributed by atoms with Crippen molar-refractivity contribution in [3.8, 4) is 5.75 Å². The van der Waals surface area contributed by atoms with Crippen LogP contribution in [0.1, 0.15) is 5.56 Å². The molecule has 0 aliphatic carbocycles. The molecule has 76 valence electrons. The molecule has 0 saturated carbocycles. The monoisotopic (exact) mass is 201 g/mol. The minimum atomic E-state index is 0.842. The van der Waals surface area contributed by atoms with Crippen LogP contribution in [0.15, 0.2) is 30.6 Å². The van der Waals surface area contributed by atoms with Crippen LogP contribution in [-0.2, 0) is 6.54 Å². The van der Waals surface area contributed by atoms with E-state index in [0.29, 0.717) is 0 Å². The highest BCUT2D eigenvalue weighted by atomic mass is 16.5. The fourth-order valence-electron chi connectivity index (χ4n) is 1.88. The third-order valence-electron chi connectivity index (χ3n) is 2.63. The maximum absolute atomic E-state index is 5.30. The Balaban J connectivity index is 2.13. The second kappa shape index (κ2) is 3.02. The first kappa shape index (κ1) is 8.35. The highest BCUT2D eigenvalue weighted by Crippen LogP contribution is 2.34. The zero-order chi connectivity index (χ0) is 10.3. The van der Waals surface area contributed by atoms with E-state index in [9.17, 15) is 0 Å². The molecule has 0 radical (unpaired) electrons. The van der Waals surface area contributed by atoms with Gasteiger partial charge >= 0.3 is 0 Å². The van der Waals surface area contributed by atoms with Crippen molar-refractivity contribution in [2.45, 2.75) is 6.54 Å². The van der Waals surface area contributed by atoms with Gasteiger partial charge in [-0.3, -0.25) is 0 Å². The topological polar surface area (TPSA) is 39.1 Å². The molecular formula is C11H11N3O. The first-order chi connectivity index (χ1) is 7.38. The Morgan fingerprint density at radius 1 is 1.47 bits per heavy atom. The number of hydrogen-bond donors (Lipinski definition) is 1. The summed E-state index contributed by atoms with van der Waals surface area (Å²) in [6.07, 6.45) is 3.76. The fraction of sp³-hybridized carbons (Fsp3) is 0.182. The van der Waals surface area contributed by atoms with Gasteiger partial charge in [0.25, 0.3) is 0 Å². The second-order valence-electron chi connectivity index (χ2n) is 3.50. The number of para-hydroxylation sites is 1. The fourth-order valence-corrected chi connectivity index (χ4v) is 1.88. The second-order valence-corrected chi connectivity index (χ2v) is 3.50. The Morgan fingerprint density at radius 3 is 3.27 bits per heavy atom. The van der Waals surface area contributed by atoms with E-state index >= 15 is 0 Å². The number of aromatic nitrogens is 2. The minimum Gasteiger partial charge on any atom is -0.495 e. The molecule has 0 amide bonds. The molecule has 4 nitrogen and oxygen atoms in total. The number of anilines is 2. The molecule has 2 heterocycles. The maximum Gasteiger partial charge on any atom is 0.207 e. The van der Waals surface area contributed by atoms with Gasteiger partial charge in [-0.15, -0.1) is 0 Å². The van der Waals surface area contributed by atoms with Crippen molar-refractivity contribution in [2.75, 3.05) is 12.4 Å². The predicted molar refractivity (Wildman–Crippen MR) is 57.6 cm³/mol. The van der Waals surface area contributed by atoms with Gasteiger partial charge in [-0.25, -0.2) is 4.98 Å². The molecule has 1 aromatic carbocycles. The maximum atomic E-state index is 5.30. The first-order valence-corrected chi connectivity index (χ1v) is 4.82. The molecule has 3 rings (SSSR count). The largest absolute Gasteiger partial charge is 0.495 e. The van der Waals surface area contributed by atoms with E-state index in [2.05, 4.69) is 20.9 Å². The predicted octanol–water partition coefficient (Wildman–Crippen LogP) is 2.00. The van der Waals surface area contributed by atoms with Crippen molar-refractivity contribution in [1.29, 1.82) is 0 Å². The van der Waals surface area contributed by atoms with Crippen LogP contribution in [0.5, 0.6) is 5.75 Å². The summed E-state index contributed by atoms with van der Waals surface area (Å²) >= 11 is 0. The number of hydrogen-bond acceptors (Lipinski definition) is 3. The number of rotatable bonds is 1. The molecule has 1 aromatic heterocycles. The van der Waals surface area contributed by atoms with Crippen LogP contribution in [0.3, 0.4) is 0 Å². The first-order valence-electron chi connectivity index (χ1n) is 4.82. The van der Waals surface area contributed by atoms with Gasteiger partial charge in [-0.05, 0) is 11.6 Å². The van der Waals surface area contributed by atoms with Crippen molar-refractivity contribution in [3.05, 3.63) is 36.2 Å². The lowest BCUT2D eigenvalue weighted by Gasteiger charge is -2.21. The number of methoxy groups -OCH3 is 1. The Kier molecular flexibility index (Phi) is 1.68. The van der Waals surface area contributed by atoms with E-state index in [1.165, 1.54) is 5.56 Å². The quantitative estimate of drug-likeness (QED) is 0.654. The lowest BCUT2D eigenvalue weighted by molar-refractivity contribution is 0.416. The highest BCUT2D eigenvalue weighted by Gasteiger charge is 2.17. The summed E-state index contributed by atoms with van der Waals surface area (Å²) in [5.74, 6) is 1.73. The van der Waals surface area contributed by atoms with Crippen molar-refractivity contribution in [3.63, 3.8) is 0 Å². The number of nitrogens with one attached hydrogen (secondary N) is 1. The van der Waals surface area contributed by atoms with Crippen molar-refractivity contribution in [1.82, 2.24) is 9.55 Å². The third kappa shape index (κ3) is 1.18. The molecule has 0 fully saturated rings. The van der Waals surface area contributed by atoms with Gasteiger partial charge in [-0.2, -0.15) is 0 Å². The number of ether oxygens (including phenoxy) is 1. The van der Waals surface area contributed by atoms with E-state index < -0.39 is 0 Å². The molecule has 0 spiro atoms. The summed E-state index contributed by atoms with van der Waals surface area (Å²) in [5.41, 5.74) is 2.25. The summed E-state index contributed by atoms with van der Waals surface area (Å²) in [6.45, 7) is 0.842. The zero-order valence-corrected chi connectivity index (χ0v) is 8.40. The number of nitrogens with zero attached hydrogens (tertiary/aromatic N) is 2. The van der Waals surface area contributed by atoms with Crippen LogP contribution in [0.2, 0.25) is 0 Å². The van der Waals surface area contributed by atoms with Crippen LogP contribution in [0.4, 0.5) is 11.6 Å². The SMILES string of the molecule is COc1cccc2c1Nc1nccn1C2. The van der Waals surface area contributed by atoms with E-state index in [4.69, 9.17) is 4.74 Å². The highest BCUT2D eigenvalue weighted by molar-refractivity contribution is 5.69. The van der Waals surface area contributed by atoms with Crippen LogP contribution in [0, 0.1) is 0 Å². The van der Waals surface area contributed by atoms with Crippen LogP contribution in [-0.4, -0.2) is 16.7 Å². The zero-order valence-electron chi connectivity index (χ0n) is 8.40. The Hall–Kier alpha value is -1.97. The molecule has 1 N–H and O–H groups in total. The van der Waals surface area contributed by atoms with Gasteiger partial charge in [0.2, 0.25) is 5.95 Å². The molecule has 0 saturated heterocycles. The summed E-state index contributed by atoms with van der Waals surface area (Å²) < 4.78 is 7.38. The molecule has 4 heteroatoms. The Bertz CT molecular complexity index is 504. The van der Waals surface area contributed by atoms with Gasteiger partial charge < -0.3 is 14.6 Å². The van der Waals surface area contributed by atoms with Gasteiger partial charge in [0, 0.05) is 12.4 Å². The summed E-state index contributed by atoms with van der Waals surface area (Å²) in [4.78, 5) is 4.23. The lowest BCUT2D eigenvalue weighted by atomic mass is 10.1. The smallest absolute Gasteiger partial charge is 0.207 e. The summed E-state index contributed by atoms with van der Waals surface area (Å²) in [6, 6.07) is 6.04. The average molecular weight is 201 g/mol. The van der Waals surface area contributed by atoms with Crippen LogP contribution in [0.25, 0.3) is 0 Å². The third-order valence-corrected chi connectivity index (χ3v) is 2.63. The molecule has 1 aliphatic rings. The standard InChI is InChI=1S/C11H11N3O/c1-15-9-4-2-3-8-7-14-6-5-12-11(14)13-10(8)9/h2-6H,7H2,1H3,(H,12,13). The van der Waals surface area contributed by atoms with Crippen LogP contribution >= 0.6 is 0 Å². The molecule has 15 heavy (non-hydrogen) atoms. The van der Waals surface area contributed by atoms with Crippen LogP contribution < -0.4 is 10.1 Å². The molecule has 0 atom stereocenters. The van der Waals surface area contributed by atoms with Gasteiger partial charge in [0.1, 0.15) is 5.75 Å². The van der Waals surface area contributed by atoms with E-state index in [1.54, 1.807) is 13.3 Å². The van der Waals surface area contributed by atoms with Crippen molar-refractivity contribution < 1.29 is 4.74 Å². The number of fused-ring (bicyclic) bond motifs is 2. The normalized spacial score (nSPS) is 12.6. The number of benzene rings is 1. The molecule has 0 bridgehead atoms. The molecule has 2 aromatic rings.